The van der Waals surface area contributed by atoms with Gasteiger partial charge in [0.05, 0.1) is 19.3 Å². The zero-order valence-electron chi connectivity index (χ0n) is 22.9. The molecule has 12 atom stereocenters. The topological polar surface area (TPSA) is 59.6 Å². The van der Waals surface area contributed by atoms with Gasteiger partial charge >= 0.3 is 0 Å². The number of rotatable bonds is 3. The third-order valence-corrected chi connectivity index (χ3v) is 12.6. The Morgan fingerprint density at radius 2 is 1.74 bits per heavy atom. The zero-order valence-corrected chi connectivity index (χ0v) is 22.9. The largest absolute Gasteiger partial charge is 0.352 e. The average Bonchev–Trinajstić information content (AvgIpc) is 3.26. The van der Waals surface area contributed by atoms with Crippen molar-refractivity contribution in [2.75, 3.05) is 20.2 Å². The highest BCUT2D eigenvalue weighted by Gasteiger charge is 2.69. The van der Waals surface area contributed by atoms with Crippen LogP contribution in [0.2, 0.25) is 0 Å². The molecule has 0 aromatic rings. The first-order valence-electron chi connectivity index (χ1n) is 15.0. The van der Waals surface area contributed by atoms with Crippen molar-refractivity contribution in [3.8, 4) is 0 Å². The summed E-state index contributed by atoms with van der Waals surface area (Å²) in [6.07, 6.45) is 13.1. The lowest BCUT2D eigenvalue weighted by Gasteiger charge is -2.61. The van der Waals surface area contributed by atoms with E-state index < -0.39 is 0 Å². The molecule has 2 saturated heterocycles. The van der Waals surface area contributed by atoms with Crippen LogP contribution in [0.3, 0.4) is 0 Å². The van der Waals surface area contributed by atoms with Crippen molar-refractivity contribution < 1.29 is 14.3 Å². The number of nitrogens with one attached hydrogen (secondary N) is 2. The molecule has 35 heavy (non-hydrogen) atoms. The van der Waals surface area contributed by atoms with E-state index in [1.807, 2.05) is 7.05 Å². The van der Waals surface area contributed by atoms with E-state index in [1.54, 1.807) is 0 Å². The molecule has 6 rings (SSSR count). The van der Waals surface area contributed by atoms with E-state index in [0.29, 0.717) is 47.3 Å². The molecule has 4 saturated carbocycles. The average molecular weight is 487 g/mol. The summed E-state index contributed by atoms with van der Waals surface area (Å²) in [6, 6.07) is 0.369. The second kappa shape index (κ2) is 8.70. The summed E-state index contributed by atoms with van der Waals surface area (Å²) in [6.45, 7) is 11.3. The van der Waals surface area contributed by atoms with E-state index in [-0.39, 0.29) is 11.7 Å². The molecule has 0 aromatic carbocycles. The van der Waals surface area contributed by atoms with Crippen LogP contribution in [0, 0.1) is 52.3 Å². The lowest BCUT2D eigenvalue weighted by Crippen LogP contribution is -2.56. The molecule has 0 radical (unpaired) electrons. The van der Waals surface area contributed by atoms with Gasteiger partial charge in [0.15, 0.2) is 5.79 Å². The van der Waals surface area contributed by atoms with Gasteiger partial charge in [0.25, 0.3) is 0 Å². The summed E-state index contributed by atoms with van der Waals surface area (Å²) in [5.41, 5.74) is 0.852. The maximum absolute atomic E-state index is 12.2. The first kappa shape index (κ1) is 24.7. The minimum absolute atomic E-state index is 0.156. The molecule has 6 fully saturated rings. The van der Waals surface area contributed by atoms with Crippen LogP contribution in [0.25, 0.3) is 0 Å². The van der Waals surface area contributed by atoms with Crippen LogP contribution < -0.4 is 10.6 Å². The predicted octanol–water partition coefficient (Wildman–Crippen LogP) is 5.14. The van der Waals surface area contributed by atoms with Crippen molar-refractivity contribution in [2.24, 2.45) is 52.3 Å². The third kappa shape index (κ3) is 3.68. The van der Waals surface area contributed by atoms with Gasteiger partial charge in [0, 0.05) is 18.4 Å². The second-order valence-electron chi connectivity index (χ2n) is 14.2. The maximum atomic E-state index is 12.2. The minimum atomic E-state index is -0.299. The van der Waals surface area contributed by atoms with Crippen molar-refractivity contribution in [1.29, 1.82) is 0 Å². The fourth-order valence-corrected chi connectivity index (χ4v) is 10.8. The smallest absolute Gasteiger partial charge is 0.234 e. The highest BCUT2D eigenvalue weighted by molar-refractivity contribution is 5.78. The van der Waals surface area contributed by atoms with Gasteiger partial charge in [-0.1, -0.05) is 27.7 Å². The van der Waals surface area contributed by atoms with Crippen molar-refractivity contribution >= 4 is 5.91 Å². The fraction of sp³-hybridized carbons (Fsp3) is 0.967. The van der Waals surface area contributed by atoms with E-state index in [4.69, 9.17) is 9.47 Å². The van der Waals surface area contributed by atoms with E-state index >= 15 is 0 Å². The van der Waals surface area contributed by atoms with Crippen LogP contribution in [-0.4, -0.2) is 44.0 Å². The summed E-state index contributed by atoms with van der Waals surface area (Å²) in [7, 11) is 1.85. The Bertz CT molecular complexity index is 824. The molecule has 1 amide bonds. The molecule has 4 aliphatic carbocycles. The van der Waals surface area contributed by atoms with Crippen molar-refractivity contribution in [3.05, 3.63) is 0 Å². The molecule has 2 unspecified atom stereocenters. The van der Waals surface area contributed by atoms with Gasteiger partial charge in [0.2, 0.25) is 5.91 Å². The van der Waals surface area contributed by atoms with Crippen molar-refractivity contribution in [3.63, 3.8) is 0 Å². The predicted molar refractivity (Wildman–Crippen MR) is 138 cm³/mol. The monoisotopic (exact) mass is 486 g/mol. The van der Waals surface area contributed by atoms with Gasteiger partial charge in [0.1, 0.15) is 0 Å². The number of hydrogen-bond donors (Lipinski definition) is 2. The molecular weight excluding hydrogens is 436 g/mol. The lowest BCUT2D eigenvalue weighted by molar-refractivity contribution is -0.273. The number of carbonyl (C=O) groups excluding carboxylic acids is 1. The number of fused-ring (bicyclic) bond motifs is 7. The number of ether oxygens (including phenoxy) is 2. The molecule has 1 spiro atoms. The van der Waals surface area contributed by atoms with Gasteiger partial charge in [-0.3, -0.25) is 4.79 Å². The Morgan fingerprint density at radius 3 is 2.49 bits per heavy atom. The standard InChI is InChI=1S/C30H50N2O3/c1-18-8-13-30(34-17-18)19(2)27-25(35-30)15-24-22-7-6-20-14-21(32-26(33)16-31-5)9-11-28(20,3)23(22)10-12-29(24,27)4/h18-25,27,31H,6-17H2,1-5H3,(H,32,33)/t18-,19-,20+,21-,22+,23?,24?,25-,27-,28-,29-,30+/m0/s1. The van der Waals surface area contributed by atoms with E-state index in [1.165, 1.54) is 51.4 Å². The number of amides is 1. The Morgan fingerprint density at radius 1 is 0.943 bits per heavy atom. The zero-order chi connectivity index (χ0) is 24.6. The first-order chi connectivity index (χ1) is 16.7. The number of hydrogen-bond acceptors (Lipinski definition) is 4. The van der Waals surface area contributed by atoms with Crippen LogP contribution in [0.5, 0.6) is 0 Å². The van der Waals surface area contributed by atoms with Crippen molar-refractivity contribution in [1.82, 2.24) is 10.6 Å². The van der Waals surface area contributed by atoms with Gasteiger partial charge in [-0.25, -0.2) is 0 Å². The summed E-state index contributed by atoms with van der Waals surface area (Å²) in [5, 5.41) is 6.31. The molecule has 198 valence electrons. The Labute approximate surface area is 213 Å². The second-order valence-corrected chi connectivity index (χ2v) is 14.2. The summed E-state index contributed by atoms with van der Waals surface area (Å²) >= 11 is 0. The van der Waals surface area contributed by atoms with E-state index in [9.17, 15) is 4.79 Å². The summed E-state index contributed by atoms with van der Waals surface area (Å²) in [4.78, 5) is 12.2. The van der Waals surface area contributed by atoms with Gasteiger partial charge in [-0.2, -0.15) is 0 Å². The van der Waals surface area contributed by atoms with E-state index in [2.05, 4.69) is 38.3 Å². The fourth-order valence-electron chi connectivity index (χ4n) is 10.8. The Balaban J connectivity index is 1.17. The van der Waals surface area contributed by atoms with E-state index in [0.717, 1.165) is 43.1 Å². The van der Waals surface area contributed by atoms with Gasteiger partial charge < -0.3 is 20.1 Å². The summed E-state index contributed by atoms with van der Waals surface area (Å²) < 4.78 is 13.4. The van der Waals surface area contributed by atoms with Crippen LogP contribution in [0.15, 0.2) is 0 Å². The molecule has 0 aromatic heterocycles. The molecule has 2 heterocycles. The molecule has 6 aliphatic rings. The molecule has 2 aliphatic heterocycles. The van der Waals surface area contributed by atoms with Crippen molar-refractivity contribution in [2.45, 2.75) is 110 Å². The molecule has 2 N–H and O–H groups in total. The maximum Gasteiger partial charge on any atom is 0.234 e. The van der Waals surface area contributed by atoms with Gasteiger partial charge in [-0.05, 0) is 111 Å². The molecular formula is C30H50N2O3. The number of carbonyl (C=O) groups is 1. The van der Waals surface area contributed by atoms with Gasteiger partial charge in [-0.15, -0.1) is 0 Å². The highest BCUT2D eigenvalue weighted by atomic mass is 16.7. The quantitative estimate of drug-likeness (QED) is 0.580. The first-order valence-corrected chi connectivity index (χ1v) is 15.0. The van der Waals surface area contributed by atoms with Crippen LogP contribution in [-0.2, 0) is 14.3 Å². The molecule has 0 bridgehead atoms. The highest BCUT2D eigenvalue weighted by Crippen LogP contribution is 2.71. The molecule has 5 heteroatoms. The Hall–Kier alpha value is -0.650. The molecule has 5 nitrogen and oxygen atoms in total. The lowest BCUT2D eigenvalue weighted by atomic mass is 9.44. The van der Waals surface area contributed by atoms with Crippen LogP contribution in [0.4, 0.5) is 0 Å². The summed E-state index contributed by atoms with van der Waals surface area (Å²) in [5.74, 6) is 4.97. The third-order valence-electron chi connectivity index (χ3n) is 12.6. The Kier molecular flexibility index (Phi) is 6.13. The SMILES string of the molecule is CNCC(=O)N[C@H]1CC[C@]2(C)C3CC[C@@]4(C)C(C[C@@H]5O[C@]6(CC[C@H](C)CO6)[C@@H](C)[C@@H]54)[C@@H]3CC[C@@H]2C1. The van der Waals surface area contributed by atoms with Crippen LogP contribution in [0.1, 0.15) is 91.9 Å². The minimum Gasteiger partial charge on any atom is -0.352 e. The number of likely N-dealkylation sites (N-methyl/N-ethyl adjacent to an activating group) is 1. The van der Waals surface area contributed by atoms with Crippen LogP contribution >= 0.6 is 0 Å². The normalized spacial score (nSPS) is 55.1.